The lowest BCUT2D eigenvalue weighted by molar-refractivity contribution is -0.140. The van der Waals surface area contributed by atoms with Gasteiger partial charge >= 0.3 is 0 Å². The van der Waals surface area contributed by atoms with Crippen molar-refractivity contribution in [2.45, 2.75) is 70.0 Å². The van der Waals surface area contributed by atoms with E-state index in [9.17, 15) is 19.2 Å². The molecule has 12 nitrogen and oxygen atoms in total. The number of carbonyl (C=O) groups excluding carboxylic acids is 4. The second kappa shape index (κ2) is 16.2. The Bertz CT molecular complexity index is 1430. The molecule has 13 heteroatoms. The first-order chi connectivity index (χ1) is 22.2. The van der Waals surface area contributed by atoms with Gasteiger partial charge < -0.3 is 39.4 Å². The van der Waals surface area contributed by atoms with Crippen molar-refractivity contribution in [3.05, 3.63) is 29.5 Å². The number of hydrogen-bond donors (Lipinski definition) is 2. The van der Waals surface area contributed by atoms with Crippen LogP contribution >= 0.6 is 12.4 Å². The number of aryl methyl sites for hydroxylation is 1. The fourth-order valence-corrected chi connectivity index (χ4v) is 7.36. The normalized spacial score (nSPS) is 20.1. The molecule has 1 aliphatic carbocycles. The molecule has 2 aromatic rings. The zero-order chi connectivity index (χ0) is 33.0. The van der Waals surface area contributed by atoms with Crippen LogP contribution in [0.3, 0.4) is 0 Å². The van der Waals surface area contributed by atoms with Crippen molar-refractivity contribution in [3.8, 4) is 5.75 Å². The van der Waals surface area contributed by atoms with Gasteiger partial charge in [0.05, 0.1) is 36.9 Å². The number of benzene rings is 1. The van der Waals surface area contributed by atoms with E-state index >= 15 is 0 Å². The maximum Gasteiger partial charge on any atom is 0.271 e. The number of fused-ring (bicyclic) bond motifs is 1. The second-order valence-corrected chi connectivity index (χ2v) is 12.9. The second-order valence-electron chi connectivity index (χ2n) is 12.9. The molecule has 3 fully saturated rings. The molecule has 2 aliphatic heterocycles. The molecule has 2 saturated heterocycles. The third-order valence-corrected chi connectivity index (χ3v) is 10.2. The number of likely N-dealkylation sites (N-methyl/N-ethyl adjacent to an activating group) is 1. The van der Waals surface area contributed by atoms with Gasteiger partial charge in [-0.2, -0.15) is 0 Å². The number of aromatic nitrogens is 1. The quantitative estimate of drug-likeness (QED) is 0.397. The van der Waals surface area contributed by atoms with Crippen molar-refractivity contribution in [1.29, 1.82) is 0 Å². The third-order valence-electron chi connectivity index (χ3n) is 10.2. The standard InChI is InChI=1S/C34H50N6O6.ClH/c1-22(35-2)31(41)36-29(23-10-7-6-8-11-23)33(43)38-16-18-39(19-17-38)34(44)30-28(32(42)40-15-9-12-24(40)21-45-4)26-14-13-25(46-5)20-27(26)37(30)3;/h13-14,20,22-24,29,35H,6-12,15-19,21H2,1-5H3,(H,36,41);1H/t22?,24-,29?;/m1./s1. The highest BCUT2D eigenvalue weighted by Gasteiger charge is 2.39. The Morgan fingerprint density at radius 1 is 0.915 bits per heavy atom. The highest BCUT2D eigenvalue weighted by Crippen LogP contribution is 2.33. The molecule has 0 spiro atoms. The van der Waals surface area contributed by atoms with Crippen molar-refractivity contribution in [2.75, 3.05) is 60.6 Å². The van der Waals surface area contributed by atoms with Crippen LogP contribution in [0.5, 0.6) is 5.75 Å². The van der Waals surface area contributed by atoms with E-state index in [1.165, 1.54) is 0 Å². The summed E-state index contributed by atoms with van der Waals surface area (Å²) in [7, 11) is 6.77. The molecule has 0 bridgehead atoms. The van der Waals surface area contributed by atoms with Gasteiger partial charge in [0, 0.05) is 58.3 Å². The minimum atomic E-state index is -0.580. The summed E-state index contributed by atoms with van der Waals surface area (Å²) in [5, 5.41) is 6.71. The Kier molecular flexibility index (Phi) is 12.5. The summed E-state index contributed by atoms with van der Waals surface area (Å²) < 4.78 is 12.7. The van der Waals surface area contributed by atoms with E-state index in [0.717, 1.165) is 50.5 Å². The lowest BCUT2D eigenvalue weighted by atomic mass is 9.83. The third kappa shape index (κ3) is 7.54. The summed E-state index contributed by atoms with van der Waals surface area (Å²) in [6.07, 6.45) is 6.81. The lowest BCUT2D eigenvalue weighted by Gasteiger charge is -2.39. The number of ether oxygens (including phenoxy) is 2. The van der Waals surface area contributed by atoms with E-state index in [4.69, 9.17) is 9.47 Å². The molecule has 4 amide bonds. The Morgan fingerprint density at radius 3 is 2.23 bits per heavy atom. The highest BCUT2D eigenvalue weighted by atomic mass is 35.5. The number of methoxy groups -OCH3 is 2. The summed E-state index contributed by atoms with van der Waals surface area (Å²) in [4.78, 5) is 60.6. The van der Waals surface area contributed by atoms with Crippen molar-refractivity contribution in [1.82, 2.24) is 29.9 Å². The Balaban J connectivity index is 0.00000500. The summed E-state index contributed by atoms with van der Waals surface area (Å²) in [6.45, 7) is 4.21. The SMILES string of the molecule is CNC(C)C(=O)NC(C(=O)N1CCN(C(=O)c2c(C(=O)N3CCC[C@@H]3COC)c3ccc(OC)cc3n2C)CC1)C1CCCCC1.Cl. The smallest absolute Gasteiger partial charge is 0.271 e. The predicted octanol–water partition coefficient (Wildman–Crippen LogP) is 2.82. The monoisotopic (exact) mass is 674 g/mol. The number of nitrogens with one attached hydrogen (secondary N) is 2. The zero-order valence-electron chi connectivity index (χ0n) is 28.4. The van der Waals surface area contributed by atoms with Crippen molar-refractivity contribution in [2.24, 2.45) is 13.0 Å². The number of nitrogens with zero attached hydrogens (tertiary/aromatic N) is 4. The van der Waals surface area contributed by atoms with Gasteiger partial charge in [0.1, 0.15) is 17.5 Å². The molecule has 3 heterocycles. The first-order valence-corrected chi connectivity index (χ1v) is 16.7. The number of halogens is 1. The van der Waals surface area contributed by atoms with Gasteiger partial charge in [-0.15, -0.1) is 12.4 Å². The van der Waals surface area contributed by atoms with Gasteiger partial charge in [-0.3, -0.25) is 19.2 Å². The molecule has 2 unspecified atom stereocenters. The van der Waals surface area contributed by atoms with Crippen LogP contribution in [0.25, 0.3) is 10.9 Å². The van der Waals surface area contributed by atoms with Crippen LogP contribution in [-0.4, -0.2) is 122 Å². The number of carbonyl (C=O) groups is 4. The Labute approximate surface area is 283 Å². The van der Waals surface area contributed by atoms with Crippen LogP contribution in [0.1, 0.15) is 72.7 Å². The van der Waals surface area contributed by atoms with Crippen LogP contribution in [0, 0.1) is 5.92 Å². The molecule has 5 rings (SSSR count). The van der Waals surface area contributed by atoms with Gasteiger partial charge in [-0.05, 0) is 57.7 Å². The molecular weight excluding hydrogens is 624 g/mol. The molecule has 0 radical (unpaired) electrons. The molecular formula is C34H51ClN6O6. The first kappa shape index (κ1) is 36.5. The topological polar surface area (TPSA) is 125 Å². The van der Waals surface area contributed by atoms with Crippen LogP contribution < -0.4 is 15.4 Å². The lowest BCUT2D eigenvalue weighted by Crippen LogP contribution is -2.59. The Morgan fingerprint density at radius 2 is 1.60 bits per heavy atom. The summed E-state index contributed by atoms with van der Waals surface area (Å²) >= 11 is 0. The van der Waals surface area contributed by atoms with Gasteiger partial charge in [0.25, 0.3) is 11.8 Å². The zero-order valence-corrected chi connectivity index (χ0v) is 29.2. The first-order valence-electron chi connectivity index (χ1n) is 16.7. The van der Waals surface area contributed by atoms with E-state index in [1.54, 1.807) is 42.6 Å². The molecule has 47 heavy (non-hydrogen) atoms. The summed E-state index contributed by atoms with van der Waals surface area (Å²) in [6, 6.07) is 4.49. The molecule has 3 atom stereocenters. The number of amides is 4. The van der Waals surface area contributed by atoms with Crippen molar-refractivity contribution in [3.63, 3.8) is 0 Å². The van der Waals surface area contributed by atoms with Gasteiger partial charge in [-0.25, -0.2) is 0 Å². The predicted molar refractivity (Wildman–Crippen MR) is 182 cm³/mol. The maximum atomic E-state index is 14.3. The van der Waals surface area contributed by atoms with Gasteiger partial charge in [0.15, 0.2) is 0 Å². The van der Waals surface area contributed by atoms with Gasteiger partial charge in [-0.1, -0.05) is 19.3 Å². The molecule has 1 aromatic heterocycles. The summed E-state index contributed by atoms with van der Waals surface area (Å²) in [5.74, 6) is 0.0603. The van der Waals surface area contributed by atoms with E-state index < -0.39 is 12.1 Å². The van der Waals surface area contributed by atoms with E-state index in [0.29, 0.717) is 61.7 Å². The Hall–Kier alpha value is -3.35. The van der Waals surface area contributed by atoms with Gasteiger partial charge in [0.2, 0.25) is 11.8 Å². The average molecular weight is 675 g/mol. The highest BCUT2D eigenvalue weighted by molar-refractivity contribution is 6.16. The summed E-state index contributed by atoms with van der Waals surface area (Å²) in [5.41, 5.74) is 1.47. The number of rotatable bonds is 10. The molecule has 1 saturated carbocycles. The van der Waals surface area contributed by atoms with Crippen LogP contribution in [0.15, 0.2) is 18.2 Å². The van der Waals surface area contributed by atoms with Crippen LogP contribution in [0.2, 0.25) is 0 Å². The largest absolute Gasteiger partial charge is 0.497 e. The van der Waals surface area contributed by atoms with E-state index in [-0.39, 0.29) is 48.0 Å². The van der Waals surface area contributed by atoms with Crippen molar-refractivity contribution < 1.29 is 28.7 Å². The minimum absolute atomic E-state index is 0. The number of likely N-dealkylation sites (tertiary alicyclic amines) is 1. The molecule has 3 aliphatic rings. The number of hydrogen-bond acceptors (Lipinski definition) is 7. The fraction of sp³-hybridized carbons (Fsp3) is 0.647. The van der Waals surface area contributed by atoms with E-state index in [1.807, 2.05) is 30.1 Å². The maximum absolute atomic E-state index is 14.3. The fourth-order valence-electron chi connectivity index (χ4n) is 7.36. The van der Waals surface area contributed by atoms with Crippen LogP contribution in [-0.2, 0) is 21.4 Å². The van der Waals surface area contributed by atoms with Crippen molar-refractivity contribution >= 4 is 46.9 Å². The minimum Gasteiger partial charge on any atom is -0.497 e. The molecule has 2 N–H and O–H groups in total. The molecule has 260 valence electrons. The number of piperazine rings is 1. The van der Waals surface area contributed by atoms with Crippen LogP contribution in [0.4, 0.5) is 0 Å². The molecule has 1 aromatic carbocycles. The van der Waals surface area contributed by atoms with E-state index in [2.05, 4.69) is 10.6 Å². The average Bonchev–Trinajstić information content (AvgIpc) is 3.68.